The topological polar surface area (TPSA) is 46.9 Å². The maximum Gasteiger partial charge on any atom is 0.261 e. The SMILES string of the molecule is CCc1ccc(C(=O)NCc2cc(C)n(C)n2)s1. The van der Waals surface area contributed by atoms with Gasteiger partial charge in [-0.15, -0.1) is 11.3 Å². The largest absolute Gasteiger partial charge is 0.346 e. The number of rotatable bonds is 4. The van der Waals surface area contributed by atoms with Crippen LogP contribution in [0.15, 0.2) is 18.2 Å². The van der Waals surface area contributed by atoms with Crippen molar-refractivity contribution < 1.29 is 4.79 Å². The lowest BCUT2D eigenvalue weighted by Gasteiger charge is -2.00. The Morgan fingerprint density at radius 2 is 2.28 bits per heavy atom. The molecular formula is C13H17N3OS. The van der Waals surface area contributed by atoms with Gasteiger partial charge < -0.3 is 5.32 Å². The maximum absolute atomic E-state index is 11.9. The van der Waals surface area contributed by atoms with Crippen LogP contribution in [0.3, 0.4) is 0 Å². The fraction of sp³-hybridized carbons (Fsp3) is 0.385. The van der Waals surface area contributed by atoms with E-state index in [0.717, 1.165) is 22.7 Å². The summed E-state index contributed by atoms with van der Waals surface area (Å²) < 4.78 is 1.81. The van der Waals surface area contributed by atoms with E-state index < -0.39 is 0 Å². The van der Waals surface area contributed by atoms with Crippen LogP contribution < -0.4 is 5.32 Å². The van der Waals surface area contributed by atoms with Crippen LogP contribution in [-0.4, -0.2) is 15.7 Å². The van der Waals surface area contributed by atoms with Crippen molar-refractivity contribution in [2.75, 3.05) is 0 Å². The minimum atomic E-state index is -0.0250. The zero-order valence-electron chi connectivity index (χ0n) is 10.9. The van der Waals surface area contributed by atoms with Crippen LogP contribution in [0, 0.1) is 6.92 Å². The number of nitrogens with zero attached hydrogens (tertiary/aromatic N) is 2. The fourth-order valence-electron chi connectivity index (χ4n) is 1.67. The van der Waals surface area contributed by atoms with Gasteiger partial charge in [-0.3, -0.25) is 9.48 Å². The molecule has 18 heavy (non-hydrogen) atoms. The number of amides is 1. The van der Waals surface area contributed by atoms with E-state index in [2.05, 4.69) is 17.3 Å². The van der Waals surface area contributed by atoms with Gasteiger partial charge in [-0.05, 0) is 31.5 Å². The molecule has 0 saturated carbocycles. The molecule has 2 rings (SSSR count). The predicted molar refractivity (Wildman–Crippen MR) is 72.8 cm³/mol. The molecule has 0 fully saturated rings. The van der Waals surface area contributed by atoms with Gasteiger partial charge in [0.2, 0.25) is 0 Å². The Bertz CT molecular complexity index is 537. The Hall–Kier alpha value is -1.62. The summed E-state index contributed by atoms with van der Waals surface area (Å²) in [5, 5.41) is 7.19. The van der Waals surface area contributed by atoms with Crippen LogP contribution in [0.5, 0.6) is 0 Å². The second kappa shape index (κ2) is 5.35. The van der Waals surface area contributed by atoms with Gasteiger partial charge in [0.05, 0.1) is 17.1 Å². The van der Waals surface area contributed by atoms with Crippen LogP contribution >= 0.6 is 11.3 Å². The summed E-state index contributed by atoms with van der Waals surface area (Å²) in [5.41, 5.74) is 1.97. The molecule has 2 heterocycles. The van der Waals surface area contributed by atoms with Gasteiger partial charge in [-0.1, -0.05) is 6.92 Å². The standard InChI is InChI=1S/C13H17N3OS/c1-4-11-5-6-12(18-11)13(17)14-8-10-7-9(2)16(3)15-10/h5-7H,4,8H2,1-3H3,(H,14,17). The first-order valence-electron chi connectivity index (χ1n) is 5.96. The highest BCUT2D eigenvalue weighted by molar-refractivity contribution is 7.14. The van der Waals surface area contributed by atoms with Crippen molar-refractivity contribution in [2.24, 2.45) is 7.05 Å². The monoisotopic (exact) mass is 263 g/mol. The quantitative estimate of drug-likeness (QED) is 0.920. The third-order valence-corrected chi connectivity index (χ3v) is 4.06. The van der Waals surface area contributed by atoms with E-state index in [1.165, 1.54) is 4.88 Å². The molecule has 5 heteroatoms. The van der Waals surface area contributed by atoms with Gasteiger partial charge in [0.15, 0.2) is 0 Å². The molecule has 4 nitrogen and oxygen atoms in total. The first-order chi connectivity index (χ1) is 8.60. The average molecular weight is 263 g/mol. The molecular weight excluding hydrogens is 246 g/mol. The Labute approximate surface area is 111 Å². The van der Waals surface area contributed by atoms with Gasteiger partial charge in [0.1, 0.15) is 0 Å². The normalized spacial score (nSPS) is 10.6. The number of carbonyl (C=O) groups is 1. The molecule has 0 bridgehead atoms. The van der Waals surface area contributed by atoms with E-state index in [4.69, 9.17) is 0 Å². The number of aryl methyl sites for hydroxylation is 3. The molecule has 0 atom stereocenters. The van der Waals surface area contributed by atoms with E-state index in [0.29, 0.717) is 6.54 Å². The van der Waals surface area contributed by atoms with Crippen LogP contribution in [0.2, 0.25) is 0 Å². The zero-order valence-corrected chi connectivity index (χ0v) is 11.7. The van der Waals surface area contributed by atoms with E-state index in [9.17, 15) is 4.79 Å². The summed E-state index contributed by atoms with van der Waals surface area (Å²) >= 11 is 1.55. The molecule has 1 N–H and O–H groups in total. The lowest BCUT2D eigenvalue weighted by atomic mass is 10.3. The van der Waals surface area contributed by atoms with E-state index in [1.807, 2.05) is 36.9 Å². The third-order valence-electron chi connectivity index (χ3n) is 2.83. The maximum atomic E-state index is 11.9. The average Bonchev–Trinajstić information content (AvgIpc) is 2.94. The zero-order chi connectivity index (χ0) is 13.1. The molecule has 0 aliphatic heterocycles. The lowest BCUT2D eigenvalue weighted by molar-refractivity contribution is 0.0954. The van der Waals surface area contributed by atoms with Crippen LogP contribution in [-0.2, 0) is 20.0 Å². The van der Waals surface area contributed by atoms with Crippen molar-refractivity contribution in [2.45, 2.75) is 26.8 Å². The first kappa shape index (κ1) is 12.8. The first-order valence-corrected chi connectivity index (χ1v) is 6.78. The molecule has 0 aromatic carbocycles. The van der Waals surface area contributed by atoms with Crippen molar-refractivity contribution in [1.29, 1.82) is 0 Å². The molecule has 2 aromatic heterocycles. The number of aromatic nitrogens is 2. The summed E-state index contributed by atoms with van der Waals surface area (Å²) in [6.45, 7) is 4.55. The second-order valence-corrected chi connectivity index (χ2v) is 5.37. The van der Waals surface area contributed by atoms with Crippen LogP contribution in [0.4, 0.5) is 0 Å². The van der Waals surface area contributed by atoms with Crippen molar-refractivity contribution in [3.63, 3.8) is 0 Å². The van der Waals surface area contributed by atoms with Gasteiger partial charge in [-0.25, -0.2) is 0 Å². The van der Waals surface area contributed by atoms with E-state index >= 15 is 0 Å². The minimum absolute atomic E-state index is 0.0250. The van der Waals surface area contributed by atoms with E-state index in [-0.39, 0.29) is 5.91 Å². The van der Waals surface area contributed by atoms with Crippen molar-refractivity contribution in [3.05, 3.63) is 39.3 Å². The number of nitrogens with one attached hydrogen (secondary N) is 1. The fourth-order valence-corrected chi connectivity index (χ4v) is 2.53. The highest BCUT2D eigenvalue weighted by Crippen LogP contribution is 2.16. The minimum Gasteiger partial charge on any atom is -0.346 e. The molecule has 0 spiro atoms. The lowest BCUT2D eigenvalue weighted by Crippen LogP contribution is -2.22. The van der Waals surface area contributed by atoms with Gasteiger partial charge in [-0.2, -0.15) is 5.10 Å². The Morgan fingerprint density at radius 3 is 2.83 bits per heavy atom. The Kier molecular flexibility index (Phi) is 3.81. The predicted octanol–water partition coefficient (Wildman–Crippen LogP) is 2.28. The van der Waals surface area contributed by atoms with Crippen LogP contribution in [0.1, 0.15) is 32.9 Å². The van der Waals surface area contributed by atoms with Crippen LogP contribution in [0.25, 0.3) is 0 Å². The Balaban J connectivity index is 1.95. The Morgan fingerprint density at radius 1 is 1.50 bits per heavy atom. The molecule has 0 saturated heterocycles. The van der Waals surface area contributed by atoms with Gasteiger partial charge in [0, 0.05) is 17.6 Å². The molecule has 96 valence electrons. The van der Waals surface area contributed by atoms with Gasteiger partial charge in [0.25, 0.3) is 5.91 Å². The summed E-state index contributed by atoms with van der Waals surface area (Å²) in [4.78, 5) is 13.9. The van der Waals surface area contributed by atoms with Gasteiger partial charge >= 0.3 is 0 Å². The van der Waals surface area contributed by atoms with Crippen molar-refractivity contribution >= 4 is 17.2 Å². The molecule has 0 aliphatic carbocycles. The molecule has 1 amide bonds. The van der Waals surface area contributed by atoms with Crippen molar-refractivity contribution in [1.82, 2.24) is 15.1 Å². The number of thiophene rings is 1. The summed E-state index contributed by atoms with van der Waals surface area (Å²) in [5.74, 6) is -0.0250. The molecule has 0 unspecified atom stereocenters. The molecule has 0 aliphatic rings. The summed E-state index contributed by atoms with van der Waals surface area (Å²) in [6, 6.07) is 5.86. The number of hydrogen-bond donors (Lipinski definition) is 1. The summed E-state index contributed by atoms with van der Waals surface area (Å²) in [7, 11) is 1.90. The number of carbonyl (C=O) groups excluding carboxylic acids is 1. The highest BCUT2D eigenvalue weighted by atomic mass is 32.1. The van der Waals surface area contributed by atoms with E-state index in [1.54, 1.807) is 11.3 Å². The second-order valence-electron chi connectivity index (χ2n) is 4.20. The summed E-state index contributed by atoms with van der Waals surface area (Å²) in [6.07, 6.45) is 0.970. The van der Waals surface area contributed by atoms with Crippen molar-refractivity contribution in [3.8, 4) is 0 Å². The molecule has 2 aromatic rings. The smallest absolute Gasteiger partial charge is 0.261 e. The third kappa shape index (κ3) is 2.79. The highest BCUT2D eigenvalue weighted by Gasteiger charge is 2.09. The molecule has 0 radical (unpaired) electrons. The number of hydrogen-bond acceptors (Lipinski definition) is 3.